The van der Waals surface area contributed by atoms with Crippen LogP contribution in [0.5, 0.6) is 0 Å². The third-order valence-electron chi connectivity index (χ3n) is 2.59. The van der Waals surface area contributed by atoms with Crippen LogP contribution in [0.3, 0.4) is 0 Å². The lowest BCUT2D eigenvalue weighted by molar-refractivity contribution is -0.384. The molecule has 0 radical (unpaired) electrons. The predicted octanol–water partition coefficient (Wildman–Crippen LogP) is 3.89. The fourth-order valence-corrected chi connectivity index (χ4v) is 2.18. The van der Waals surface area contributed by atoms with Crippen molar-refractivity contribution in [1.82, 2.24) is 0 Å². The van der Waals surface area contributed by atoms with E-state index in [4.69, 9.17) is 0 Å². The summed E-state index contributed by atoms with van der Waals surface area (Å²) in [6, 6.07) is 6.61. The number of carbonyl (C=O) groups excluding carboxylic acids is 1. The molecule has 0 atom stereocenters. The van der Waals surface area contributed by atoms with E-state index < -0.39 is 28.2 Å². The lowest BCUT2D eigenvalue weighted by Gasteiger charge is -2.08. The van der Waals surface area contributed by atoms with Gasteiger partial charge in [-0.1, -0.05) is 6.07 Å². The number of amides is 1. The topological polar surface area (TPSA) is 72.2 Å². The van der Waals surface area contributed by atoms with Crippen molar-refractivity contribution in [3.63, 3.8) is 0 Å². The van der Waals surface area contributed by atoms with Crippen LogP contribution in [0.2, 0.25) is 0 Å². The third kappa shape index (κ3) is 3.22. The molecule has 0 saturated heterocycles. The SMILES string of the molecule is O=C(Nc1ccc(F)cc1[N+](=O)[O-])c1c(F)cccc1Br. The van der Waals surface area contributed by atoms with E-state index in [1.54, 1.807) is 0 Å². The summed E-state index contributed by atoms with van der Waals surface area (Å²) in [6.45, 7) is 0. The molecule has 0 aliphatic heterocycles. The maximum absolute atomic E-state index is 13.6. The molecule has 108 valence electrons. The normalized spacial score (nSPS) is 10.2. The van der Waals surface area contributed by atoms with Crippen molar-refractivity contribution in [2.75, 3.05) is 5.32 Å². The second-order valence-corrected chi connectivity index (χ2v) is 4.82. The van der Waals surface area contributed by atoms with Crippen LogP contribution in [-0.2, 0) is 0 Å². The molecule has 0 fully saturated rings. The van der Waals surface area contributed by atoms with Crippen molar-refractivity contribution in [2.24, 2.45) is 0 Å². The van der Waals surface area contributed by atoms with Crippen LogP contribution in [0.1, 0.15) is 10.4 Å². The highest BCUT2D eigenvalue weighted by Crippen LogP contribution is 2.27. The number of anilines is 1. The van der Waals surface area contributed by atoms with Crippen LogP contribution in [-0.4, -0.2) is 10.8 Å². The lowest BCUT2D eigenvalue weighted by atomic mass is 10.2. The minimum absolute atomic E-state index is 0.199. The highest BCUT2D eigenvalue weighted by Gasteiger charge is 2.20. The fourth-order valence-electron chi connectivity index (χ4n) is 1.66. The van der Waals surface area contributed by atoms with Gasteiger partial charge in [0.2, 0.25) is 0 Å². The molecular formula is C13H7BrF2N2O3. The van der Waals surface area contributed by atoms with Gasteiger partial charge in [-0.15, -0.1) is 0 Å². The number of rotatable bonds is 3. The summed E-state index contributed by atoms with van der Waals surface area (Å²) >= 11 is 3.03. The minimum Gasteiger partial charge on any atom is -0.316 e. The zero-order valence-corrected chi connectivity index (χ0v) is 11.9. The van der Waals surface area contributed by atoms with Crippen LogP contribution in [0, 0.1) is 21.7 Å². The molecule has 0 unspecified atom stereocenters. The summed E-state index contributed by atoms with van der Waals surface area (Å²) < 4.78 is 26.9. The van der Waals surface area contributed by atoms with E-state index in [0.29, 0.717) is 6.07 Å². The molecule has 0 aliphatic carbocycles. The monoisotopic (exact) mass is 356 g/mol. The first kappa shape index (κ1) is 15.0. The summed E-state index contributed by atoms with van der Waals surface area (Å²) in [6.07, 6.45) is 0. The maximum Gasteiger partial charge on any atom is 0.295 e. The Morgan fingerprint density at radius 1 is 1.24 bits per heavy atom. The van der Waals surface area contributed by atoms with E-state index in [9.17, 15) is 23.7 Å². The summed E-state index contributed by atoms with van der Waals surface area (Å²) in [5, 5.41) is 13.0. The van der Waals surface area contributed by atoms with Gasteiger partial charge in [0.25, 0.3) is 11.6 Å². The first-order valence-electron chi connectivity index (χ1n) is 5.59. The van der Waals surface area contributed by atoms with E-state index in [-0.39, 0.29) is 15.7 Å². The van der Waals surface area contributed by atoms with Crippen LogP contribution in [0.15, 0.2) is 40.9 Å². The van der Waals surface area contributed by atoms with Gasteiger partial charge in [0.15, 0.2) is 0 Å². The Bertz CT molecular complexity index is 717. The second kappa shape index (κ2) is 5.96. The summed E-state index contributed by atoms with van der Waals surface area (Å²) in [5.41, 5.74) is -1.13. The molecule has 0 saturated carbocycles. The maximum atomic E-state index is 13.6. The molecule has 0 heterocycles. The molecule has 0 spiro atoms. The van der Waals surface area contributed by atoms with Gasteiger partial charge in [0.1, 0.15) is 17.3 Å². The zero-order chi connectivity index (χ0) is 15.6. The predicted molar refractivity (Wildman–Crippen MR) is 75.1 cm³/mol. The Labute approximate surface area is 125 Å². The molecule has 1 N–H and O–H groups in total. The van der Waals surface area contributed by atoms with Crippen LogP contribution in [0.25, 0.3) is 0 Å². The molecule has 2 rings (SSSR count). The average Bonchev–Trinajstić information content (AvgIpc) is 2.40. The number of nitrogens with one attached hydrogen (secondary N) is 1. The molecule has 0 bridgehead atoms. The van der Waals surface area contributed by atoms with Gasteiger partial charge < -0.3 is 5.32 Å². The van der Waals surface area contributed by atoms with Gasteiger partial charge in [-0.2, -0.15) is 0 Å². The Kier molecular flexibility index (Phi) is 4.27. The molecule has 0 aliphatic rings. The molecule has 2 aromatic carbocycles. The van der Waals surface area contributed by atoms with Crippen molar-refractivity contribution in [1.29, 1.82) is 0 Å². The first-order valence-corrected chi connectivity index (χ1v) is 6.38. The molecular weight excluding hydrogens is 350 g/mol. The van der Waals surface area contributed by atoms with E-state index in [1.165, 1.54) is 12.1 Å². The Morgan fingerprint density at radius 3 is 2.57 bits per heavy atom. The number of carbonyl (C=O) groups is 1. The van der Waals surface area contributed by atoms with Crippen LogP contribution >= 0.6 is 15.9 Å². The molecule has 21 heavy (non-hydrogen) atoms. The van der Waals surface area contributed by atoms with Gasteiger partial charge in [-0.3, -0.25) is 14.9 Å². The highest BCUT2D eigenvalue weighted by molar-refractivity contribution is 9.10. The van der Waals surface area contributed by atoms with Gasteiger partial charge in [0.05, 0.1) is 16.6 Å². The largest absolute Gasteiger partial charge is 0.316 e. The molecule has 0 aromatic heterocycles. The van der Waals surface area contributed by atoms with E-state index in [1.807, 2.05) is 0 Å². The molecule has 2 aromatic rings. The number of nitro groups is 1. The van der Waals surface area contributed by atoms with E-state index in [0.717, 1.165) is 18.2 Å². The molecule has 1 amide bonds. The number of nitrogens with zero attached hydrogens (tertiary/aromatic N) is 1. The number of hydrogen-bond acceptors (Lipinski definition) is 3. The quantitative estimate of drug-likeness (QED) is 0.669. The van der Waals surface area contributed by atoms with Gasteiger partial charge in [0, 0.05) is 4.47 Å². The Balaban J connectivity index is 2.39. The standard InChI is InChI=1S/C13H7BrF2N2O3/c14-8-2-1-3-9(16)12(8)13(19)17-10-5-4-7(15)6-11(10)18(20)21/h1-6H,(H,17,19). The van der Waals surface area contributed by atoms with Crippen LogP contribution < -0.4 is 5.32 Å². The Hall–Kier alpha value is -2.35. The van der Waals surface area contributed by atoms with Crippen LogP contribution in [0.4, 0.5) is 20.2 Å². The van der Waals surface area contributed by atoms with E-state index in [2.05, 4.69) is 21.2 Å². The molecule has 8 heteroatoms. The van der Waals surface area contributed by atoms with Crippen molar-refractivity contribution in [3.05, 3.63) is 68.2 Å². The highest BCUT2D eigenvalue weighted by atomic mass is 79.9. The minimum atomic E-state index is -0.880. The first-order chi connectivity index (χ1) is 9.90. The van der Waals surface area contributed by atoms with Gasteiger partial charge in [-0.25, -0.2) is 8.78 Å². The van der Waals surface area contributed by atoms with Crippen molar-refractivity contribution in [2.45, 2.75) is 0 Å². The summed E-state index contributed by atoms with van der Waals surface area (Å²) in [4.78, 5) is 22.0. The van der Waals surface area contributed by atoms with Crippen molar-refractivity contribution >= 4 is 33.2 Å². The lowest BCUT2D eigenvalue weighted by Crippen LogP contribution is -2.15. The number of nitro benzene ring substituents is 1. The van der Waals surface area contributed by atoms with Crippen molar-refractivity contribution < 1.29 is 18.5 Å². The summed E-state index contributed by atoms with van der Waals surface area (Å²) in [5.74, 6) is -2.48. The van der Waals surface area contributed by atoms with E-state index >= 15 is 0 Å². The molecule has 5 nitrogen and oxygen atoms in total. The summed E-state index contributed by atoms with van der Waals surface area (Å²) in [7, 11) is 0. The third-order valence-corrected chi connectivity index (χ3v) is 3.26. The smallest absolute Gasteiger partial charge is 0.295 e. The fraction of sp³-hybridized carbons (Fsp3) is 0. The van der Waals surface area contributed by atoms with Gasteiger partial charge >= 0.3 is 0 Å². The number of benzene rings is 2. The average molecular weight is 357 g/mol. The Morgan fingerprint density at radius 2 is 1.95 bits per heavy atom. The number of hydrogen-bond donors (Lipinski definition) is 1. The number of halogens is 3. The van der Waals surface area contributed by atoms with Crippen molar-refractivity contribution in [3.8, 4) is 0 Å². The van der Waals surface area contributed by atoms with Gasteiger partial charge in [-0.05, 0) is 40.2 Å². The second-order valence-electron chi connectivity index (χ2n) is 3.97. The zero-order valence-electron chi connectivity index (χ0n) is 10.3.